The van der Waals surface area contributed by atoms with Crippen molar-refractivity contribution >= 4 is 22.5 Å². The molecule has 1 unspecified atom stereocenters. The molecule has 1 saturated heterocycles. The fraction of sp³-hybridized carbons (Fsp3) is 0.273. The number of para-hydroxylation sites is 1. The summed E-state index contributed by atoms with van der Waals surface area (Å²) in [5.74, 6) is 0.0903. The van der Waals surface area contributed by atoms with Crippen LogP contribution in [0.3, 0.4) is 0 Å². The number of halogens is 3. The van der Waals surface area contributed by atoms with Crippen LogP contribution in [-0.2, 0) is 6.18 Å². The van der Waals surface area contributed by atoms with Crippen molar-refractivity contribution in [3.05, 3.63) is 71.8 Å². The maximum atomic E-state index is 13.3. The molecule has 0 spiro atoms. The smallest absolute Gasteiger partial charge is 0.338 e. The van der Waals surface area contributed by atoms with E-state index in [1.807, 2.05) is 24.3 Å². The number of aromatic nitrogens is 4. The minimum atomic E-state index is -4.45. The molecule has 4 heterocycles. The van der Waals surface area contributed by atoms with Gasteiger partial charge in [-0.3, -0.25) is 14.2 Å². The topological polar surface area (TPSA) is 63.4 Å². The molecule has 1 aromatic carbocycles. The number of carbonyl (C=O) groups excluding carboxylic acids is 1. The van der Waals surface area contributed by atoms with Gasteiger partial charge in [-0.2, -0.15) is 13.2 Å². The summed E-state index contributed by atoms with van der Waals surface area (Å²) in [7, 11) is 0. The first-order valence-electron chi connectivity index (χ1n) is 9.97. The zero-order chi connectivity index (χ0) is 21.6. The summed E-state index contributed by atoms with van der Waals surface area (Å²) in [6, 6.07) is 11.5. The third-order valence-electron chi connectivity index (χ3n) is 5.69. The van der Waals surface area contributed by atoms with Gasteiger partial charge < -0.3 is 4.90 Å². The van der Waals surface area contributed by atoms with Crippen LogP contribution in [0.4, 0.5) is 13.2 Å². The molecule has 158 valence electrons. The Balaban J connectivity index is 1.46. The molecular weight excluding hydrogens is 407 g/mol. The maximum absolute atomic E-state index is 13.3. The predicted octanol–water partition coefficient (Wildman–Crippen LogP) is 4.32. The van der Waals surface area contributed by atoms with Crippen molar-refractivity contribution in [2.75, 3.05) is 13.1 Å². The third-order valence-corrected chi connectivity index (χ3v) is 5.69. The molecule has 31 heavy (non-hydrogen) atoms. The van der Waals surface area contributed by atoms with E-state index in [2.05, 4.69) is 15.2 Å². The van der Waals surface area contributed by atoms with Gasteiger partial charge in [0.25, 0.3) is 5.91 Å². The highest BCUT2D eigenvalue weighted by Crippen LogP contribution is 2.32. The van der Waals surface area contributed by atoms with Gasteiger partial charge in [0.2, 0.25) is 0 Å². The Bertz CT molecular complexity index is 1280. The first-order valence-corrected chi connectivity index (χ1v) is 9.97. The van der Waals surface area contributed by atoms with E-state index < -0.39 is 11.7 Å². The Labute approximate surface area is 175 Å². The fourth-order valence-electron chi connectivity index (χ4n) is 4.17. The van der Waals surface area contributed by atoms with E-state index in [9.17, 15) is 18.0 Å². The lowest BCUT2D eigenvalue weighted by Gasteiger charge is -2.32. The third kappa shape index (κ3) is 3.49. The standard InChI is InChI=1S/C22H18F3N5O/c23-22(24,25)16-8-9-18-27-28-20(30(18)13-16)15-6-3-11-29(12-15)21(31)17-7-1-4-14-5-2-10-26-19(14)17/h1-2,4-5,7-10,13,15H,3,6,11-12H2. The Kier molecular flexibility index (Phi) is 4.60. The molecule has 5 rings (SSSR count). The monoisotopic (exact) mass is 425 g/mol. The van der Waals surface area contributed by atoms with Crippen LogP contribution >= 0.6 is 0 Å². The molecule has 4 aromatic rings. The number of amides is 1. The molecule has 0 N–H and O–H groups in total. The van der Waals surface area contributed by atoms with E-state index in [0.717, 1.165) is 24.1 Å². The molecule has 3 aromatic heterocycles. The Morgan fingerprint density at radius 3 is 2.74 bits per heavy atom. The number of fused-ring (bicyclic) bond motifs is 2. The Morgan fingerprint density at radius 2 is 1.90 bits per heavy atom. The molecular formula is C22H18F3N5O. The van der Waals surface area contributed by atoms with Gasteiger partial charge in [0, 0.05) is 36.8 Å². The van der Waals surface area contributed by atoms with E-state index in [4.69, 9.17) is 0 Å². The second kappa shape index (κ2) is 7.33. The zero-order valence-corrected chi connectivity index (χ0v) is 16.4. The Hall–Kier alpha value is -3.49. The van der Waals surface area contributed by atoms with Gasteiger partial charge in [-0.1, -0.05) is 18.2 Å². The molecule has 1 fully saturated rings. The summed E-state index contributed by atoms with van der Waals surface area (Å²) in [6.45, 7) is 0.933. The second-order valence-corrected chi connectivity index (χ2v) is 7.67. The highest BCUT2D eigenvalue weighted by Gasteiger charge is 2.33. The molecule has 0 bridgehead atoms. The lowest BCUT2D eigenvalue weighted by atomic mass is 9.96. The molecule has 0 aliphatic carbocycles. The van der Waals surface area contributed by atoms with E-state index in [0.29, 0.717) is 42.1 Å². The number of likely N-dealkylation sites (tertiary alicyclic amines) is 1. The van der Waals surface area contributed by atoms with Gasteiger partial charge in [-0.25, -0.2) is 0 Å². The van der Waals surface area contributed by atoms with Crippen LogP contribution in [0, 0.1) is 0 Å². The van der Waals surface area contributed by atoms with Crippen LogP contribution in [0.1, 0.15) is 40.5 Å². The number of alkyl halides is 3. The van der Waals surface area contributed by atoms with Crippen LogP contribution in [0.5, 0.6) is 0 Å². The van der Waals surface area contributed by atoms with Crippen LogP contribution < -0.4 is 0 Å². The van der Waals surface area contributed by atoms with Gasteiger partial charge in [-0.15, -0.1) is 10.2 Å². The summed E-state index contributed by atoms with van der Waals surface area (Å²) < 4.78 is 40.9. The number of rotatable bonds is 2. The number of hydrogen-bond donors (Lipinski definition) is 0. The summed E-state index contributed by atoms with van der Waals surface area (Å²) in [6.07, 6.45) is -0.332. The molecule has 0 radical (unpaired) electrons. The van der Waals surface area contributed by atoms with Crippen molar-refractivity contribution in [2.24, 2.45) is 0 Å². The molecule has 1 atom stereocenters. The normalized spacial score (nSPS) is 17.4. The van der Waals surface area contributed by atoms with Crippen molar-refractivity contribution in [3.63, 3.8) is 0 Å². The number of benzene rings is 1. The van der Waals surface area contributed by atoms with Crippen LogP contribution in [-0.4, -0.2) is 43.5 Å². The predicted molar refractivity (Wildman–Crippen MR) is 108 cm³/mol. The zero-order valence-electron chi connectivity index (χ0n) is 16.4. The van der Waals surface area contributed by atoms with E-state index >= 15 is 0 Å². The van der Waals surface area contributed by atoms with Gasteiger partial charge in [0.05, 0.1) is 16.6 Å². The van der Waals surface area contributed by atoms with Gasteiger partial charge in [0.1, 0.15) is 5.82 Å². The van der Waals surface area contributed by atoms with Crippen molar-refractivity contribution < 1.29 is 18.0 Å². The summed E-state index contributed by atoms with van der Waals surface area (Å²) >= 11 is 0. The first kappa shape index (κ1) is 19.5. The number of hydrogen-bond acceptors (Lipinski definition) is 4. The van der Waals surface area contributed by atoms with Crippen molar-refractivity contribution in [1.29, 1.82) is 0 Å². The minimum absolute atomic E-state index is 0.140. The number of pyridine rings is 2. The first-order chi connectivity index (χ1) is 14.9. The highest BCUT2D eigenvalue weighted by atomic mass is 19.4. The van der Waals surface area contributed by atoms with E-state index in [1.165, 1.54) is 10.5 Å². The Morgan fingerprint density at radius 1 is 1.06 bits per heavy atom. The summed E-state index contributed by atoms with van der Waals surface area (Å²) in [5.41, 5.74) is 0.750. The SMILES string of the molecule is O=C(c1cccc2cccnc12)N1CCCC(c2nnc3ccc(C(F)(F)F)cn23)C1. The average molecular weight is 425 g/mol. The molecule has 1 aliphatic heterocycles. The van der Waals surface area contributed by atoms with Gasteiger partial charge in [0.15, 0.2) is 5.65 Å². The number of nitrogens with zero attached hydrogens (tertiary/aromatic N) is 5. The molecule has 0 saturated carbocycles. The number of piperidine rings is 1. The highest BCUT2D eigenvalue weighted by molar-refractivity contribution is 6.05. The van der Waals surface area contributed by atoms with E-state index in [1.54, 1.807) is 17.2 Å². The van der Waals surface area contributed by atoms with Crippen LogP contribution in [0.2, 0.25) is 0 Å². The molecule has 1 aliphatic rings. The van der Waals surface area contributed by atoms with Crippen LogP contribution in [0.25, 0.3) is 16.6 Å². The fourth-order valence-corrected chi connectivity index (χ4v) is 4.17. The average Bonchev–Trinajstić information content (AvgIpc) is 3.21. The second-order valence-electron chi connectivity index (χ2n) is 7.67. The van der Waals surface area contributed by atoms with E-state index in [-0.39, 0.29) is 11.8 Å². The largest absolute Gasteiger partial charge is 0.417 e. The lowest BCUT2D eigenvalue weighted by molar-refractivity contribution is -0.137. The van der Waals surface area contributed by atoms with Crippen molar-refractivity contribution in [1.82, 2.24) is 24.5 Å². The molecule has 6 nitrogen and oxygen atoms in total. The van der Waals surface area contributed by atoms with Crippen molar-refractivity contribution in [2.45, 2.75) is 24.9 Å². The van der Waals surface area contributed by atoms with Crippen LogP contribution in [0.15, 0.2) is 54.9 Å². The van der Waals surface area contributed by atoms with Gasteiger partial charge >= 0.3 is 6.18 Å². The summed E-state index contributed by atoms with van der Waals surface area (Å²) in [5, 5.41) is 9.05. The molecule has 1 amide bonds. The number of carbonyl (C=O) groups is 1. The minimum Gasteiger partial charge on any atom is -0.338 e. The van der Waals surface area contributed by atoms with Gasteiger partial charge in [-0.05, 0) is 37.1 Å². The molecule has 9 heteroatoms. The quantitative estimate of drug-likeness (QED) is 0.480. The maximum Gasteiger partial charge on any atom is 0.417 e. The summed E-state index contributed by atoms with van der Waals surface area (Å²) in [4.78, 5) is 19.4. The lowest BCUT2D eigenvalue weighted by Crippen LogP contribution is -2.39. The van der Waals surface area contributed by atoms with Crippen molar-refractivity contribution in [3.8, 4) is 0 Å².